The van der Waals surface area contributed by atoms with Crippen LogP contribution in [0.5, 0.6) is 11.5 Å². The Hall–Kier alpha value is -4.16. The third-order valence-electron chi connectivity index (χ3n) is 5.61. The smallest absolute Gasteiger partial charge is 0.257 e. The SMILES string of the molecule is COc1cc2[nH]c(=O)c(-c3cccs3)c(-c3cccc(C=Cc4cccnc4)c3)c2cc1OC. The Morgan fingerprint density at radius 3 is 2.41 bits per heavy atom. The van der Waals surface area contributed by atoms with Crippen LogP contribution >= 0.6 is 11.3 Å². The van der Waals surface area contributed by atoms with Crippen molar-refractivity contribution in [1.82, 2.24) is 9.97 Å². The highest BCUT2D eigenvalue weighted by Gasteiger charge is 2.19. The van der Waals surface area contributed by atoms with Gasteiger partial charge in [0.25, 0.3) is 5.56 Å². The topological polar surface area (TPSA) is 64.2 Å². The van der Waals surface area contributed by atoms with Crippen LogP contribution in [-0.2, 0) is 0 Å². The molecule has 0 atom stereocenters. The molecule has 3 heterocycles. The van der Waals surface area contributed by atoms with Gasteiger partial charge in [-0.3, -0.25) is 9.78 Å². The van der Waals surface area contributed by atoms with Crippen LogP contribution in [0.3, 0.4) is 0 Å². The average Bonchev–Trinajstić information content (AvgIpc) is 3.41. The van der Waals surface area contributed by atoms with Crippen molar-refractivity contribution in [3.8, 4) is 33.1 Å². The number of H-pyrrole nitrogens is 1. The Morgan fingerprint density at radius 1 is 0.882 bits per heavy atom. The summed E-state index contributed by atoms with van der Waals surface area (Å²) in [5.74, 6) is 1.17. The van der Waals surface area contributed by atoms with Crippen LogP contribution in [-0.4, -0.2) is 24.2 Å². The van der Waals surface area contributed by atoms with E-state index >= 15 is 0 Å². The monoisotopic (exact) mass is 466 g/mol. The summed E-state index contributed by atoms with van der Waals surface area (Å²) in [6, 6.07) is 19.7. The first-order chi connectivity index (χ1) is 16.7. The standard InChI is InChI=1S/C28H22N2O3S/c1-32-23-15-21-22(16-24(23)33-2)30-28(31)27(25-9-5-13-34-25)26(21)20-8-3-6-18(14-20)10-11-19-7-4-12-29-17-19/h3-17H,1-2H3,(H,30,31). The fourth-order valence-electron chi connectivity index (χ4n) is 4.04. The Bertz CT molecular complexity index is 1540. The number of pyridine rings is 2. The van der Waals surface area contributed by atoms with Gasteiger partial charge in [-0.05, 0) is 46.3 Å². The van der Waals surface area contributed by atoms with Crippen molar-refractivity contribution in [1.29, 1.82) is 0 Å². The maximum atomic E-state index is 13.3. The van der Waals surface area contributed by atoms with Gasteiger partial charge in [-0.2, -0.15) is 0 Å². The minimum absolute atomic E-state index is 0.145. The number of rotatable bonds is 6. The van der Waals surface area contributed by atoms with Crippen molar-refractivity contribution in [2.75, 3.05) is 14.2 Å². The zero-order valence-electron chi connectivity index (χ0n) is 18.7. The highest BCUT2D eigenvalue weighted by molar-refractivity contribution is 7.13. The fourth-order valence-corrected chi connectivity index (χ4v) is 4.82. The van der Waals surface area contributed by atoms with E-state index in [4.69, 9.17) is 9.47 Å². The molecule has 0 amide bonds. The van der Waals surface area contributed by atoms with E-state index in [0.717, 1.165) is 32.5 Å². The third kappa shape index (κ3) is 4.11. The number of benzene rings is 2. The molecule has 2 aromatic carbocycles. The Kier molecular flexibility index (Phi) is 5.97. The van der Waals surface area contributed by atoms with E-state index in [2.05, 4.69) is 16.0 Å². The molecular formula is C28H22N2O3S. The van der Waals surface area contributed by atoms with Crippen molar-refractivity contribution in [2.45, 2.75) is 0 Å². The normalized spacial score (nSPS) is 11.2. The summed E-state index contributed by atoms with van der Waals surface area (Å²) in [6.45, 7) is 0. The predicted molar refractivity (Wildman–Crippen MR) is 140 cm³/mol. The summed E-state index contributed by atoms with van der Waals surface area (Å²) in [4.78, 5) is 21.4. The summed E-state index contributed by atoms with van der Waals surface area (Å²) in [7, 11) is 3.19. The highest BCUT2D eigenvalue weighted by atomic mass is 32.1. The molecule has 0 fully saturated rings. The van der Waals surface area contributed by atoms with Gasteiger partial charge in [0.05, 0.1) is 25.3 Å². The number of nitrogens with zero attached hydrogens (tertiary/aromatic N) is 1. The van der Waals surface area contributed by atoms with Crippen molar-refractivity contribution >= 4 is 34.4 Å². The highest BCUT2D eigenvalue weighted by Crippen LogP contribution is 2.41. The molecule has 0 bridgehead atoms. The number of hydrogen-bond donors (Lipinski definition) is 1. The number of thiophene rings is 1. The molecule has 6 heteroatoms. The van der Waals surface area contributed by atoms with Crippen molar-refractivity contribution in [2.24, 2.45) is 0 Å². The molecule has 0 aliphatic rings. The van der Waals surface area contributed by atoms with E-state index in [0.29, 0.717) is 22.6 Å². The molecule has 5 nitrogen and oxygen atoms in total. The van der Waals surface area contributed by atoms with Gasteiger partial charge in [0.15, 0.2) is 11.5 Å². The molecule has 0 radical (unpaired) electrons. The lowest BCUT2D eigenvalue weighted by Gasteiger charge is -2.15. The van der Waals surface area contributed by atoms with Crippen LogP contribution in [0.25, 0.3) is 44.6 Å². The lowest BCUT2D eigenvalue weighted by atomic mass is 9.94. The summed E-state index contributed by atoms with van der Waals surface area (Å²) in [5, 5.41) is 2.86. The van der Waals surface area contributed by atoms with Gasteiger partial charge in [0, 0.05) is 34.3 Å². The Labute approximate surface area is 201 Å². The Balaban J connectivity index is 1.75. The number of fused-ring (bicyclic) bond motifs is 1. The molecule has 168 valence electrons. The van der Waals surface area contributed by atoms with Crippen LogP contribution in [0, 0.1) is 0 Å². The van der Waals surface area contributed by atoms with Crippen LogP contribution in [0.4, 0.5) is 0 Å². The van der Waals surface area contributed by atoms with E-state index in [-0.39, 0.29) is 5.56 Å². The molecule has 1 N–H and O–H groups in total. The second-order valence-corrected chi connectivity index (χ2v) is 8.63. The van der Waals surface area contributed by atoms with E-state index in [1.54, 1.807) is 31.8 Å². The molecular weight excluding hydrogens is 444 g/mol. The number of aromatic amines is 1. The van der Waals surface area contributed by atoms with Crippen molar-refractivity contribution in [3.63, 3.8) is 0 Å². The zero-order valence-corrected chi connectivity index (χ0v) is 19.6. The maximum Gasteiger partial charge on any atom is 0.257 e. The summed E-state index contributed by atoms with van der Waals surface area (Å²) in [6.07, 6.45) is 7.64. The van der Waals surface area contributed by atoms with Gasteiger partial charge >= 0.3 is 0 Å². The summed E-state index contributed by atoms with van der Waals surface area (Å²) < 4.78 is 11.0. The van der Waals surface area contributed by atoms with Gasteiger partial charge in [0.2, 0.25) is 0 Å². The number of hydrogen-bond acceptors (Lipinski definition) is 5. The molecule has 3 aromatic heterocycles. The number of methoxy groups -OCH3 is 2. The molecule has 0 spiro atoms. The van der Waals surface area contributed by atoms with Crippen molar-refractivity contribution in [3.05, 3.63) is 99.9 Å². The number of nitrogens with one attached hydrogen (secondary N) is 1. The predicted octanol–water partition coefficient (Wildman–Crippen LogP) is 6.51. The molecule has 0 aliphatic heterocycles. The van der Waals surface area contributed by atoms with Gasteiger partial charge in [-0.25, -0.2) is 0 Å². The average molecular weight is 467 g/mol. The number of aromatic nitrogens is 2. The van der Waals surface area contributed by atoms with Crippen molar-refractivity contribution < 1.29 is 9.47 Å². The van der Waals surface area contributed by atoms with Crippen LogP contribution in [0.15, 0.2) is 83.2 Å². The molecule has 0 saturated carbocycles. The van der Waals surface area contributed by atoms with Crippen LogP contribution < -0.4 is 15.0 Å². The Morgan fingerprint density at radius 2 is 1.68 bits per heavy atom. The van der Waals surface area contributed by atoms with Gasteiger partial charge in [0.1, 0.15) is 0 Å². The maximum absolute atomic E-state index is 13.3. The molecule has 0 saturated heterocycles. The zero-order chi connectivity index (χ0) is 23.5. The van der Waals surface area contributed by atoms with Crippen LogP contribution in [0.1, 0.15) is 11.1 Å². The third-order valence-corrected chi connectivity index (χ3v) is 6.50. The molecule has 0 unspecified atom stereocenters. The lowest BCUT2D eigenvalue weighted by Crippen LogP contribution is -2.11. The molecule has 34 heavy (non-hydrogen) atoms. The largest absolute Gasteiger partial charge is 0.493 e. The minimum atomic E-state index is -0.145. The van der Waals surface area contributed by atoms with E-state index in [1.807, 2.05) is 78.3 Å². The molecule has 5 aromatic rings. The number of ether oxygens (including phenoxy) is 2. The van der Waals surface area contributed by atoms with Gasteiger partial charge in [-0.15, -0.1) is 11.3 Å². The first-order valence-corrected chi connectivity index (χ1v) is 11.6. The summed E-state index contributed by atoms with van der Waals surface area (Å²) in [5.41, 5.74) is 5.03. The first kappa shape index (κ1) is 21.7. The van der Waals surface area contributed by atoms with Gasteiger partial charge in [-0.1, -0.05) is 42.5 Å². The fraction of sp³-hybridized carbons (Fsp3) is 0.0714. The second-order valence-electron chi connectivity index (χ2n) is 7.68. The minimum Gasteiger partial charge on any atom is -0.493 e. The molecule has 0 aliphatic carbocycles. The lowest BCUT2D eigenvalue weighted by molar-refractivity contribution is 0.356. The van der Waals surface area contributed by atoms with E-state index in [9.17, 15) is 4.79 Å². The van der Waals surface area contributed by atoms with Crippen LogP contribution in [0.2, 0.25) is 0 Å². The first-order valence-electron chi connectivity index (χ1n) is 10.7. The van der Waals surface area contributed by atoms with Gasteiger partial charge < -0.3 is 14.5 Å². The second kappa shape index (κ2) is 9.37. The van der Waals surface area contributed by atoms with E-state index < -0.39 is 0 Å². The quantitative estimate of drug-likeness (QED) is 0.310. The van der Waals surface area contributed by atoms with E-state index in [1.165, 1.54) is 0 Å². The molecule has 5 rings (SSSR count). The summed E-state index contributed by atoms with van der Waals surface area (Å²) >= 11 is 1.54.